The van der Waals surface area contributed by atoms with Gasteiger partial charge in [0.15, 0.2) is 11.3 Å². The van der Waals surface area contributed by atoms with Gasteiger partial charge in [-0.25, -0.2) is 9.78 Å². The number of pyridine rings is 1. The van der Waals surface area contributed by atoms with E-state index in [1.807, 2.05) is 12.1 Å². The summed E-state index contributed by atoms with van der Waals surface area (Å²) >= 11 is 8.72. The summed E-state index contributed by atoms with van der Waals surface area (Å²) in [6, 6.07) is 5.16. The second-order valence-electron chi connectivity index (χ2n) is 9.26. The van der Waals surface area contributed by atoms with Crippen molar-refractivity contribution < 1.29 is 9.84 Å². The molecule has 0 radical (unpaired) electrons. The Morgan fingerprint density at radius 3 is 2.50 bits per heavy atom. The number of anilines is 1. The summed E-state index contributed by atoms with van der Waals surface area (Å²) < 4.78 is 9.18. The number of hydrogen-bond donors (Lipinski definition) is 3. The first-order valence-corrected chi connectivity index (χ1v) is 14.0. The summed E-state index contributed by atoms with van der Waals surface area (Å²) in [5, 5.41) is 16.1. The standard InChI is InChI=1S/C25H34BrN7O4S/c26-19-3-5-21(28-17-19)29-24(38)27-8-12-31-15-13-30(14-16-31)9-1-2-10-32-22(35)7-11-33(25(32)36)23-6-4-20(18-34)37-23/h3-7,11,17,20,23,34H,1-2,8-10,12-16,18H2,(H2,27,28,29,38). The van der Waals surface area contributed by atoms with Crippen LogP contribution in [0.2, 0.25) is 0 Å². The lowest BCUT2D eigenvalue weighted by Gasteiger charge is -2.34. The molecule has 1 fully saturated rings. The second-order valence-corrected chi connectivity index (χ2v) is 10.6. The molecule has 0 spiro atoms. The van der Waals surface area contributed by atoms with Crippen molar-refractivity contribution >= 4 is 39.1 Å². The Kier molecular flexibility index (Phi) is 10.6. The van der Waals surface area contributed by atoms with E-state index in [0.717, 1.165) is 63.1 Å². The number of nitrogens with one attached hydrogen (secondary N) is 2. The zero-order valence-corrected chi connectivity index (χ0v) is 23.6. The molecule has 0 aromatic carbocycles. The molecule has 2 aliphatic heterocycles. The van der Waals surface area contributed by atoms with Gasteiger partial charge in [0, 0.05) is 68.7 Å². The van der Waals surface area contributed by atoms with E-state index in [2.05, 4.69) is 41.3 Å². The SMILES string of the molecule is O=c1ccn(C2C=CC(CO)O2)c(=O)n1CCCCN1CCN(CCNC(=S)Nc2ccc(Br)cn2)CC1. The Labute approximate surface area is 235 Å². The molecule has 2 aliphatic rings. The summed E-state index contributed by atoms with van der Waals surface area (Å²) in [6.45, 7) is 6.77. The zero-order chi connectivity index (χ0) is 26.9. The van der Waals surface area contributed by atoms with Gasteiger partial charge in [-0.3, -0.25) is 18.8 Å². The van der Waals surface area contributed by atoms with Crippen LogP contribution in [0, 0.1) is 0 Å². The Morgan fingerprint density at radius 2 is 1.82 bits per heavy atom. The normalized spacial score (nSPS) is 20.1. The van der Waals surface area contributed by atoms with Crippen LogP contribution in [0.1, 0.15) is 19.1 Å². The van der Waals surface area contributed by atoms with Gasteiger partial charge in [0.25, 0.3) is 5.56 Å². The Hall–Kier alpha value is -2.42. The molecular weight excluding hydrogens is 574 g/mol. The Bertz CT molecular complexity index is 1210. The Morgan fingerprint density at radius 1 is 1.08 bits per heavy atom. The van der Waals surface area contributed by atoms with Crippen LogP contribution in [-0.2, 0) is 11.3 Å². The first kappa shape index (κ1) is 28.6. The lowest BCUT2D eigenvalue weighted by Crippen LogP contribution is -2.48. The summed E-state index contributed by atoms with van der Waals surface area (Å²) in [5.74, 6) is 0.707. The van der Waals surface area contributed by atoms with Crippen molar-refractivity contribution in [3.63, 3.8) is 0 Å². The van der Waals surface area contributed by atoms with Crippen LogP contribution < -0.4 is 21.9 Å². The van der Waals surface area contributed by atoms with Crippen molar-refractivity contribution in [2.45, 2.75) is 31.7 Å². The quantitative estimate of drug-likeness (QED) is 0.194. The number of ether oxygens (including phenoxy) is 1. The van der Waals surface area contributed by atoms with Crippen LogP contribution >= 0.6 is 28.1 Å². The van der Waals surface area contributed by atoms with Gasteiger partial charge in [-0.05, 0) is 65.7 Å². The smallest absolute Gasteiger partial charge is 0.333 e. The third-order valence-electron chi connectivity index (χ3n) is 6.61. The fourth-order valence-corrected chi connectivity index (χ4v) is 4.90. The average Bonchev–Trinajstić information content (AvgIpc) is 3.39. The first-order chi connectivity index (χ1) is 18.4. The van der Waals surface area contributed by atoms with Gasteiger partial charge in [0.1, 0.15) is 11.9 Å². The lowest BCUT2D eigenvalue weighted by atomic mass is 10.2. The van der Waals surface area contributed by atoms with Gasteiger partial charge in [-0.1, -0.05) is 6.08 Å². The van der Waals surface area contributed by atoms with E-state index in [9.17, 15) is 14.7 Å². The number of aliphatic hydroxyl groups is 1. The molecular formula is C25H34BrN7O4S. The highest BCUT2D eigenvalue weighted by molar-refractivity contribution is 9.10. The van der Waals surface area contributed by atoms with Gasteiger partial charge >= 0.3 is 5.69 Å². The van der Waals surface area contributed by atoms with E-state index in [1.54, 1.807) is 18.3 Å². The molecule has 4 rings (SSSR count). The van der Waals surface area contributed by atoms with Crippen molar-refractivity contribution in [3.05, 3.63) is 68.1 Å². The van der Waals surface area contributed by atoms with Gasteiger partial charge in [0.05, 0.1) is 6.61 Å². The van der Waals surface area contributed by atoms with E-state index >= 15 is 0 Å². The number of aliphatic hydroxyl groups excluding tert-OH is 1. The third kappa shape index (κ3) is 8.04. The number of aromatic nitrogens is 3. The molecule has 13 heteroatoms. The zero-order valence-electron chi connectivity index (χ0n) is 21.2. The predicted molar refractivity (Wildman–Crippen MR) is 153 cm³/mol. The van der Waals surface area contributed by atoms with E-state index < -0.39 is 18.0 Å². The highest BCUT2D eigenvalue weighted by atomic mass is 79.9. The molecule has 4 heterocycles. The van der Waals surface area contributed by atoms with Crippen LogP contribution in [0.5, 0.6) is 0 Å². The monoisotopic (exact) mass is 607 g/mol. The van der Waals surface area contributed by atoms with Crippen LogP contribution in [0.3, 0.4) is 0 Å². The molecule has 2 unspecified atom stereocenters. The molecule has 38 heavy (non-hydrogen) atoms. The van der Waals surface area contributed by atoms with E-state index in [1.165, 1.54) is 21.4 Å². The number of hydrogen-bond acceptors (Lipinski definition) is 8. The summed E-state index contributed by atoms with van der Waals surface area (Å²) in [6.07, 6.45) is 7.22. The minimum Gasteiger partial charge on any atom is -0.393 e. The maximum Gasteiger partial charge on any atom is 0.333 e. The van der Waals surface area contributed by atoms with Crippen molar-refractivity contribution in [2.24, 2.45) is 0 Å². The van der Waals surface area contributed by atoms with E-state index in [-0.39, 0.29) is 12.2 Å². The fraction of sp³-hybridized carbons (Fsp3) is 0.520. The van der Waals surface area contributed by atoms with E-state index in [4.69, 9.17) is 17.0 Å². The molecule has 0 amide bonds. The molecule has 206 valence electrons. The van der Waals surface area contributed by atoms with Gasteiger partial charge in [0.2, 0.25) is 0 Å². The average molecular weight is 609 g/mol. The third-order valence-corrected chi connectivity index (χ3v) is 7.32. The van der Waals surface area contributed by atoms with Crippen LogP contribution in [-0.4, -0.2) is 92.7 Å². The number of unbranched alkanes of at least 4 members (excludes halogenated alkanes) is 1. The number of piperazine rings is 1. The van der Waals surface area contributed by atoms with Gasteiger partial charge < -0.3 is 25.4 Å². The molecule has 3 N–H and O–H groups in total. The fourth-order valence-electron chi connectivity index (χ4n) is 4.46. The van der Waals surface area contributed by atoms with Gasteiger partial charge in [-0.2, -0.15) is 0 Å². The van der Waals surface area contributed by atoms with Gasteiger partial charge in [-0.15, -0.1) is 0 Å². The molecule has 2 atom stereocenters. The highest BCUT2D eigenvalue weighted by Gasteiger charge is 2.22. The largest absolute Gasteiger partial charge is 0.393 e. The van der Waals surface area contributed by atoms with Crippen molar-refractivity contribution in [1.82, 2.24) is 29.2 Å². The lowest BCUT2D eigenvalue weighted by molar-refractivity contribution is -0.0110. The number of thiocarbonyl (C=S) groups is 1. The number of rotatable bonds is 11. The maximum atomic E-state index is 12.8. The van der Waals surface area contributed by atoms with Crippen LogP contribution in [0.4, 0.5) is 5.82 Å². The number of nitrogens with zero attached hydrogens (tertiary/aromatic N) is 5. The minimum atomic E-state index is -0.603. The van der Waals surface area contributed by atoms with Crippen LogP contribution in [0.15, 0.2) is 56.8 Å². The van der Waals surface area contributed by atoms with Crippen molar-refractivity contribution in [3.8, 4) is 0 Å². The molecule has 2 aromatic rings. The Balaban J connectivity index is 1.12. The second kappa shape index (κ2) is 14.1. The van der Waals surface area contributed by atoms with Crippen molar-refractivity contribution in [1.29, 1.82) is 0 Å². The summed E-state index contributed by atoms with van der Waals surface area (Å²) in [5.41, 5.74) is -0.701. The summed E-state index contributed by atoms with van der Waals surface area (Å²) in [4.78, 5) is 34.2. The van der Waals surface area contributed by atoms with Crippen LogP contribution in [0.25, 0.3) is 0 Å². The van der Waals surface area contributed by atoms with Crippen molar-refractivity contribution in [2.75, 3.05) is 57.7 Å². The molecule has 0 saturated carbocycles. The molecule has 0 aliphatic carbocycles. The molecule has 2 aromatic heterocycles. The summed E-state index contributed by atoms with van der Waals surface area (Å²) in [7, 11) is 0. The topological polar surface area (TPSA) is 117 Å². The highest BCUT2D eigenvalue weighted by Crippen LogP contribution is 2.18. The number of halogens is 1. The molecule has 0 bridgehead atoms. The molecule has 11 nitrogen and oxygen atoms in total. The minimum absolute atomic E-state index is 0.149. The van der Waals surface area contributed by atoms with E-state index in [0.29, 0.717) is 17.5 Å². The first-order valence-electron chi connectivity index (χ1n) is 12.8. The maximum absolute atomic E-state index is 12.8. The predicted octanol–water partition coefficient (Wildman–Crippen LogP) is 0.998. The molecule has 1 saturated heterocycles.